The van der Waals surface area contributed by atoms with Crippen LogP contribution in [0.5, 0.6) is 0 Å². The van der Waals surface area contributed by atoms with Crippen LogP contribution in [0.2, 0.25) is 0 Å². The van der Waals surface area contributed by atoms with E-state index in [0.717, 1.165) is 33.7 Å². The van der Waals surface area contributed by atoms with Gasteiger partial charge in [0.15, 0.2) is 11.7 Å². The standard InChI is InChI=1S/C24H22N6O2S/c1-15-27-14-20(32-15)21-8-9-22(33-21)23(31)29-24-28-18-13-17(25-2)6-7-19(18)30(24)12-10-16-5-3-4-11-26-16/h3-9,11,13-14,25H,10,12H2,1-2H3,(H,28,29,31). The summed E-state index contributed by atoms with van der Waals surface area (Å²) in [6.07, 6.45) is 4.17. The van der Waals surface area contributed by atoms with E-state index < -0.39 is 0 Å². The number of hydrogen-bond donors (Lipinski definition) is 2. The Bertz CT molecular complexity index is 1420. The number of rotatable bonds is 7. The molecule has 4 aromatic heterocycles. The number of aromatic nitrogens is 4. The average Bonchev–Trinajstić information content (AvgIpc) is 3.56. The number of fused-ring (bicyclic) bond motifs is 1. The van der Waals surface area contributed by atoms with Crippen LogP contribution in [0.15, 0.2) is 65.3 Å². The third-order valence-corrected chi connectivity index (χ3v) is 6.37. The minimum Gasteiger partial charge on any atom is -0.440 e. The molecule has 0 aliphatic carbocycles. The molecule has 0 aliphatic rings. The molecule has 1 aromatic carbocycles. The van der Waals surface area contributed by atoms with Gasteiger partial charge in [-0.25, -0.2) is 9.97 Å². The van der Waals surface area contributed by atoms with Gasteiger partial charge in [0.2, 0.25) is 5.95 Å². The molecule has 0 bridgehead atoms. The lowest BCUT2D eigenvalue weighted by molar-refractivity contribution is 0.102. The van der Waals surface area contributed by atoms with Crippen molar-refractivity contribution in [3.8, 4) is 10.6 Å². The van der Waals surface area contributed by atoms with Crippen LogP contribution in [0.1, 0.15) is 21.3 Å². The Kier molecular flexibility index (Phi) is 5.62. The smallest absolute Gasteiger partial charge is 0.268 e. The summed E-state index contributed by atoms with van der Waals surface area (Å²) in [5.74, 6) is 1.53. The second kappa shape index (κ2) is 8.87. The number of nitrogens with one attached hydrogen (secondary N) is 2. The number of carbonyl (C=O) groups excluding carboxylic acids is 1. The molecule has 0 saturated heterocycles. The van der Waals surface area contributed by atoms with Crippen molar-refractivity contribution in [3.63, 3.8) is 0 Å². The first-order valence-corrected chi connectivity index (χ1v) is 11.3. The number of anilines is 2. The van der Waals surface area contributed by atoms with Crippen molar-refractivity contribution in [1.29, 1.82) is 0 Å². The molecule has 0 unspecified atom stereocenters. The molecule has 0 atom stereocenters. The number of benzene rings is 1. The first kappa shape index (κ1) is 20.9. The number of nitrogens with zero attached hydrogens (tertiary/aromatic N) is 4. The van der Waals surface area contributed by atoms with Crippen molar-refractivity contribution in [1.82, 2.24) is 19.5 Å². The normalized spacial score (nSPS) is 11.1. The molecule has 166 valence electrons. The zero-order chi connectivity index (χ0) is 22.8. The van der Waals surface area contributed by atoms with Gasteiger partial charge < -0.3 is 14.3 Å². The molecule has 5 aromatic rings. The fourth-order valence-corrected chi connectivity index (χ4v) is 4.46. The van der Waals surface area contributed by atoms with E-state index >= 15 is 0 Å². The zero-order valence-corrected chi connectivity index (χ0v) is 19.0. The van der Waals surface area contributed by atoms with Crippen molar-refractivity contribution < 1.29 is 9.21 Å². The fraction of sp³-hybridized carbons (Fsp3) is 0.167. The highest BCUT2D eigenvalue weighted by Gasteiger charge is 2.17. The number of hydrogen-bond acceptors (Lipinski definition) is 7. The van der Waals surface area contributed by atoms with Crippen molar-refractivity contribution in [3.05, 3.63) is 77.4 Å². The maximum atomic E-state index is 13.1. The Morgan fingerprint density at radius 2 is 2.06 bits per heavy atom. The van der Waals surface area contributed by atoms with Gasteiger partial charge in [-0.1, -0.05) is 6.07 Å². The predicted octanol–water partition coefficient (Wildman–Crippen LogP) is 4.99. The number of amides is 1. The molecule has 9 heteroatoms. The molecule has 0 fully saturated rings. The van der Waals surface area contributed by atoms with Gasteiger partial charge in [0.05, 0.1) is 27.0 Å². The van der Waals surface area contributed by atoms with Crippen LogP contribution < -0.4 is 10.6 Å². The summed E-state index contributed by atoms with van der Waals surface area (Å²) in [6, 6.07) is 15.5. The molecule has 0 saturated carbocycles. The van der Waals surface area contributed by atoms with Crippen molar-refractivity contribution >= 4 is 39.9 Å². The summed E-state index contributed by atoms with van der Waals surface area (Å²) >= 11 is 1.35. The molecular weight excluding hydrogens is 436 g/mol. The molecule has 0 aliphatic heterocycles. The van der Waals surface area contributed by atoms with Crippen LogP contribution in [0, 0.1) is 6.92 Å². The minimum atomic E-state index is -0.217. The first-order valence-electron chi connectivity index (χ1n) is 10.5. The topological polar surface area (TPSA) is 97.9 Å². The molecule has 0 radical (unpaired) electrons. The van der Waals surface area contributed by atoms with E-state index in [1.54, 1.807) is 25.4 Å². The predicted molar refractivity (Wildman–Crippen MR) is 130 cm³/mol. The van der Waals surface area contributed by atoms with E-state index in [-0.39, 0.29) is 5.91 Å². The number of aryl methyl sites for hydroxylation is 3. The van der Waals surface area contributed by atoms with Gasteiger partial charge in [-0.05, 0) is 42.5 Å². The summed E-state index contributed by atoms with van der Waals surface area (Å²) in [6.45, 7) is 2.43. The maximum Gasteiger partial charge on any atom is 0.268 e. The lowest BCUT2D eigenvalue weighted by Gasteiger charge is -2.10. The van der Waals surface area contributed by atoms with Crippen LogP contribution in [-0.2, 0) is 13.0 Å². The van der Waals surface area contributed by atoms with Gasteiger partial charge in [0, 0.05) is 44.5 Å². The van der Waals surface area contributed by atoms with E-state index in [0.29, 0.717) is 29.0 Å². The van der Waals surface area contributed by atoms with Gasteiger partial charge in [-0.2, -0.15) is 0 Å². The summed E-state index contributed by atoms with van der Waals surface area (Å²) in [7, 11) is 1.87. The highest BCUT2D eigenvalue weighted by Crippen LogP contribution is 2.30. The Balaban J connectivity index is 1.43. The minimum absolute atomic E-state index is 0.217. The van der Waals surface area contributed by atoms with E-state index in [4.69, 9.17) is 9.40 Å². The summed E-state index contributed by atoms with van der Waals surface area (Å²) < 4.78 is 7.60. The summed E-state index contributed by atoms with van der Waals surface area (Å²) in [5, 5.41) is 6.13. The molecule has 4 heterocycles. The van der Waals surface area contributed by atoms with Crippen LogP contribution in [0.25, 0.3) is 21.7 Å². The highest BCUT2D eigenvalue weighted by atomic mass is 32.1. The fourth-order valence-electron chi connectivity index (χ4n) is 3.61. The SMILES string of the molecule is CNc1ccc2c(c1)nc(NC(=O)c1ccc(-c3cnc(C)o3)s1)n2CCc1ccccn1. The lowest BCUT2D eigenvalue weighted by Crippen LogP contribution is -2.15. The zero-order valence-electron chi connectivity index (χ0n) is 18.2. The molecule has 5 rings (SSSR count). The molecule has 0 spiro atoms. The maximum absolute atomic E-state index is 13.1. The third-order valence-electron chi connectivity index (χ3n) is 5.27. The lowest BCUT2D eigenvalue weighted by atomic mass is 10.2. The molecule has 2 N–H and O–H groups in total. The highest BCUT2D eigenvalue weighted by molar-refractivity contribution is 7.17. The van der Waals surface area contributed by atoms with Gasteiger partial charge in [0.1, 0.15) is 0 Å². The number of carbonyl (C=O) groups is 1. The second-order valence-electron chi connectivity index (χ2n) is 7.47. The Morgan fingerprint density at radius 3 is 2.82 bits per heavy atom. The van der Waals surface area contributed by atoms with E-state index in [9.17, 15) is 4.79 Å². The molecule has 1 amide bonds. The van der Waals surface area contributed by atoms with Crippen LogP contribution in [-0.4, -0.2) is 32.5 Å². The number of thiophene rings is 1. The van der Waals surface area contributed by atoms with Crippen LogP contribution in [0.3, 0.4) is 0 Å². The first-order chi connectivity index (χ1) is 16.1. The van der Waals surface area contributed by atoms with Gasteiger partial charge in [-0.15, -0.1) is 11.3 Å². The van der Waals surface area contributed by atoms with Gasteiger partial charge in [-0.3, -0.25) is 15.1 Å². The van der Waals surface area contributed by atoms with Crippen LogP contribution in [0.4, 0.5) is 11.6 Å². The molecule has 33 heavy (non-hydrogen) atoms. The van der Waals surface area contributed by atoms with Crippen molar-refractivity contribution in [2.75, 3.05) is 17.7 Å². The summed E-state index contributed by atoms with van der Waals surface area (Å²) in [5.41, 5.74) is 3.69. The molecule has 8 nitrogen and oxygen atoms in total. The Labute approximate surface area is 194 Å². The third kappa shape index (κ3) is 4.35. The number of pyridine rings is 1. The van der Waals surface area contributed by atoms with Gasteiger partial charge >= 0.3 is 0 Å². The summed E-state index contributed by atoms with van der Waals surface area (Å²) in [4.78, 5) is 27.7. The largest absolute Gasteiger partial charge is 0.440 e. The van der Waals surface area contributed by atoms with E-state index in [1.165, 1.54) is 11.3 Å². The van der Waals surface area contributed by atoms with E-state index in [1.807, 2.05) is 54.1 Å². The number of imidazole rings is 1. The number of oxazole rings is 1. The Morgan fingerprint density at radius 1 is 1.15 bits per heavy atom. The average molecular weight is 459 g/mol. The van der Waals surface area contributed by atoms with E-state index in [2.05, 4.69) is 20.6 Å². The Hall–Kier alpha value is -3.98. The van der Waals surface area contributed by atoms with Crippen molar-refractivity contribution in [2.24, 2.45) is 0 Å². The quantitative estimate of drug-likeness (QED) is 0.356. The van der Waals surface area contributed by atoms with Gasteiger partial charge in [0.25, 0.3) is 5.91 Å². The van der Waals surface area contributed by atoms with Crippen LogP contribution >= 0.6 is 11.3 Å². The monoisotopic (exact) mass is 458 g/mol. The molecular formula is C24H22N6O2S. The second-order valence-corrected chi connectivity index (χ2v) is 8.56. The van der Waals surface area contributed by atoms with Crippen molar-refractivity contribution in [2.45, 2.75) is 19.9 Å².